The molecular formula is C24H25N3O3. The minimum Gasteiger partial charge on any atom is -0.478 e. The smallest absolute Gasteiger partial charge is 0.331 e. The van der Waals surface area contributed by atoms with Crippen LogP contribution in [0.15, 0.2) is 53.7 Å². The molecule has 0 bridgehead atoms. The number of carbonyl (C=O) groups excluding carboxylic acids is 1. The highest BCUT2D eigenvalue weighted by Gasteiger charge is 2.52. The average molecular weight is 403 g/mol. The predicted molar refractivity (Wildman–Crippen MR) is 113 cm³/mol. The number of carbonyl (C=O) groups is 2. The van der Waals surface area contributed by atoms with Gasteiger partial charge in [0.15, 0.2) is 0 Å². The van der Waals surface area contributed by atoms with Crippen molar-refractivity contribution in [3.05, 3.63) is 64.9 Å². The molecule has 1 saturated carbocycles. The second-order valence-corrected chi connectivity index (χ2v) is 7.70. The maximum Gasteiger partial charge on any atom is 0.331 e. The zero-order chi connectivity index (χ0) is 21.7. The number of amides is 1. The predicted octanol–water partition coefficient (Wildman–Crippen LogP) is 4.00. The average Bonchev–Trinajstić information content (AvgIpc) is 3.55. The van der Waals surface area contributed by atoms with Crippen LogP contribution >= 0.6 is 0 Å². The summed E-state index contributed by atoms with van der Waals surface area (Å²) in [4.78, 5) is 28.6. The maximum absolute atomic E-state index is 12.1. The van der Waals surface area contributed by atoms with Gasteiger partial charge < -0.3 is 10.8 Å². The van der Waals surface area contributed by atoms with E-state index in [-0.39, 0.29) is 12.0 Å². The number of primary amides is 1. The number of unbranched alkanes of at least 4 members (excludes halogenated alkanes) is 1. The molecule has 0 spiro atoms. The molecule has 0 aliphatic heterocycles. The summed E-state index contributed by atoms with van der Waals surface area (Å²) in [5.74, 6) is -1.46. The highest BCUT2D eigenvalue weighted by atomic mass is 16.4. The van der Waals surface area contributed by atoms with E-state index in [2.05, 4.69) is 11.1 Å². The van der Waals surface area contributed by atoms with Crippen LogP contribution in [0.2, 0.25) is 0 Å². The van der Waals surface area contributed by atoms with E-state index in [4.69, 9.17) is 5.73 Å². The lowest BCUT2D eigenvalue weighted by molar-refractivity contribution is -0.132. The summed E-state index contributed by atoms with van der Waals surface area (Å²) >= 11 is 0. The Morgan fingerprint density at radius 3 is 2.50 bits per heavy atom. The molecular weight excluding hydrogens is 378 g/mol. The van der Waals surface area contributed by atoms with Gasteiger partial charge in [-0.05, 0) is 49.0 Å². The van der Waals surface area contributed by atoms with Gasteiger partial charge in [0.25, 0.3) is 0 Å². The third kappa shape index (κ3) is 4.25. The van der Waals surface area contributed by atoms with Gasteiger partial charge in [0, 0.05) is 23.8 Å². The van der Waals surface area contributed by atoms with Gasteiger partial charge in [-0.15, -0.1) is 0 Å². The van der Waals surface area contributed by atoms with E-state index in [0.717, 1.165) is 24.0 Å². The lowest BCUT2D eigenvalue weighted by atomic mass is 9.84. The molecule has 1 aromatic carbocycles. The molecule has 3 N–H and O–H groups in total. The molecule has 6 heteroatoms. The number of hydrogen-bond donors (Lipinski definition) is 2. The standard InChI is InChI=1S/C24H25N3O3/c1-2-3-8-20(24(11-12-24)23(26)30)19(22(28)29)13-16-9-10-21(27-15-16)18-7-5-4-6-17(18)14-25/h4-7,9-10,15H,2-3,8,11-13H2,1H3,(H2,26,30)(H,28,29)/b20-19+. The number of aromatic nitrogens is 1. The van der Waals surface area contributed by atoms with E-state index in [1.165, 1.54) is 0 Å². The molecule has 1 fully saturated rings. The molecule has 1 aliphatic rings. The summed E-state index contributed by atoms with van der Waals surface area (Å²) in [5, 5.41) is 19.2. The summed E-state index contributed by atoms with van der Waals surface area (Å²) in [6, 6.07) is 13.0. The van der Waals surface area contributed by atoms with E-state index < -0.39 is 17.3 Å². The van der Waals surface area contributed by atoms with E-state index in [0.29, 0.717) is 36.1 Å². The highest BCUT2D eigenvalue weighted by molar-refractivity contribution is 5.94. The number of carboxylic acids is 1. The number of aliphatic carboxylic acids is 1. The van der Waals surface area contributed by atoms with Crippen molar-refractivity contribution in [2.24, 2.45) is 11.1 Å². The fourth-order valence-corrected chi connectivity index (χ4v) is 3.86. The Morgan fingerprint density at radius 1 is 1.23 bits per heavy atom. The molecule has 0 saturated heterocycles. The summed E-state index contributed by atoms with van der Waals surface area (Å²) in [6.07, 6.45) is 5.30. The molecule has 3 rings (SSSR count). The van der Waals surface area contributed by atoms with Crippen LogP contribution in [0.1, 0.15) is 50.2 Å². The van der Waals surface area contributed by atoms with Gasteiger partial charge in [0.2, 0.25) is 5.91 Å². The van der Waals surface area contributed by atoms with Crippen LogP contribution in [-0.2, 0) is 16.0 Å². The normalized spacial score (nSPS) is 15.1. The monoisotopic (exact) mass is 403 g/mol. The summed E-state index contributed by atoms with van der Waals surface area (Å²) in [7, 11) is 0. The first-order valence-corrected chi connectivity index (χ1v) is 10.1. The van der Waals surface area contributed by atoms with Gasteiger partial charge in [0.1, 0.15) is 0 Å². The van der Waals surface area contributed by atoms with Crippen molar-refractivity contribution in [2.45, 2.75) is 45.4 Å². The van der Waals surface area contributed by atoms with Crippen molar-refractivity contribution in [1.29, 1.82) is 5.26 Å². The minimum absolute atomic E-state index is 0.177. The van der Waals surface area contributed by atoms with E-state index >= 15 is 0 Å². The Bertz CT molecular complexity index is 1030. The van der Waals surface area contributed by atoms with Crippen molar-refractivity contribution in [3.63, 3.8) is 0 Å². The first-order chi connectivity index (χ1) is 14.4. The Morgan fingerprint density at radius 2 is 1.97 bits per heavy atom. The SMILES string of the molecule is CCCC/C(=C(/Cc1ccc(-c2ccccc2C#N)nc1)C(=O)O)C1(C(N)=O)CC1. The number of carboxylic acid groups (broad SMARTS) is 1. The minimum atomic E-state index is -1.02. The molecule has 0 atom stereocenters. The first kappa shape index (κ1) is 21.3. The van der Waals surface area contributed by atoms with Crippen LogP contribution in [0.4, 0.5) is 0 Å². The Labute approximate surface area is 176 Å². The third-order valence-electron chi connectivity index (χ3n) is 5.73. The Kier molecular flexibility index (Phi) is 6.31. The van der Waals surface area contributed by atoms with Crippen molar-refractivity contribution in [1.82, 2.24) is 4.98 Å². The molecule has 1 aromatic heterocycles. The van der Waals surface area contributed by atoms with Crippen LogP contribution in [0, 0.1) is 16.7 Å². The van der Waals surface area contributed by atoms with Crippen molar-refractivity contribution < 1.29 is 14.7 Å². The molecule has 0 radical (unpaired) electrons. The van der Waals surface area contributed by atoms with Gasteiger partial charge in [-0.1, -0.05) is 37.6 Å². The van der Waals surface area contributed by atoms with Crippen LogP contribution in [-0.4, -0.2) is 22.0 Å². The van der Waals surface area contributed by atoms with Gasteiger partial charge in [-0.25, -0.2) is 4.79 Å². The highest BCUT2D eigenvalue weighted by Crippen LogP contribution is 2.54. The van der Waals surface area contributed by atoms with Crippen LogP contribution in [0.3, 0.4) is 0 Å². The maximum atomic E-state index is 12.1. The molecule has 30 heavy (non-hydrogen) atoms. The zero-order valence-electron chi connectivity index (χ0n) is 17.0. The fourth-order valence-electron chi connectivity index (χ4n) is 3.86. The molecule has 1 aliphatic carbocycles. The summed E-state index contributed by atoms with van der Waals surface area (Å²) in [5.41, 5.74) is 8.40. The summed E-state index contributed by atoms with van der Waals surface area (Å²) in [6.45, 7) is 2.03. The first-order valence-electron chi connectivity index (χ1n) is 10.1. The molecule has 1 amide bonds. The van der Waals surface area contributed by atoms with Gasteiger partial charge in [-0.2, -0.15) is 5.26 Å². The van der Waals surface area contributed by atoms with Gasteiger partial charge >= 0.3 is 5.97 Å². The lowest BCUT2D eigenvalue weighted by Crippen LogP contribution is -2.29. The molecule has 2 aromatic rings. The Hall–Kier alpha value is -3.46. The number of benzene rings is 1. The topological polar surface area (TPSA) is 117 Å². The number of rotatable bonds is 9. The third-order valence-corrected chi connectivity index (χ3v) is 5.73. The van der Waals surface area contributed by atoms with Gasteiger partial charge in [0.05, 0.1) is 22.7 Å². The lowest BCUT2D eigenvalue weighted by Gasteiger charge is -2.20. The molecule has 0 unspecified atom stereocenters. The van der Waals surface area contributed by atoms with E-state index in [9.17, 15) is 20.0 Å². The van der Waals surface area contributed by atoms with Crippen LogP contribution in [0.5, 0.6) is 0 Å². The van der Waals surface area contributed by atoms with Crippen molar-refractivity contribution in [3.8, 4) is 17.3 Å². The molecule has 154 valence electrons. The summed E-state index contributed by atoms with van der Waals surface area (Å²) < 4.78 is 0. The largest absolute Gasteiger partial charge is 0.478 e. The van der Waals surface area contributed by atoms with E-state index in [1.54, 1.807) is 24.4 Å². The number of nitriles is 1. The number of nitrogens with two attached hydrogens (primary N) is 1. The number of pyridine rings is 1. The number of nitrogens with zero attached hydrogens (tertiary/aromatic N) is 2. The Balaban J connectivity index is 1.95. The zero-order valence-corrected chi connectivity index (χ0v) is 17.0. The molecule has 6 nitrogen and oxygen atoms in total. The van der Waals surface area contributed by atoms with Crippen molar-refractivity contribution >= 4 is 11.9 Å². The number of hydrogen-bond acceptors (Lipinski definition) is 4. The second-order valence-electron chi connectivity index (χ2n) is 7.70. The second kappa shape index (κ2) is 8.91. The molecule has 1 heterocycles. The van der Waals surface area contributed by atoms with E-state index in [1.807, 2.05) is 25.1 Å². The quantitative estimate of drug-likeness (QED) is 0.614. The fraction of sp³-hybridized carbons (Fsp3) is 0.333. The van der Waals surface area contributed by atoms with Crippen molar-refractivity contribution in [2.75, 3.05) is 0 Å². The van der Waals surface area contributed by atoms with Crippen LogP contribution in [0.25, 0.3) is 11.3 Å². The van der Waals surface area contributed by atoms with Gasteiger partial charge in [-0.3, -0.25) is 9.78 Å². The van der Waals surface area contributed by atoms with Crippen LogP contribution < -0.4 is 5.73 Å².